The number of hydrogen-bond donors (Lipinski definition) is 0. The van der Waals surface area contributed by atoms with Gasteiger partial charge in [0.15, 0.2) is 0 Å². The number of rotatable bonds is 4. The summed E-state index contributed by atoms with van der Waals surface area (Å²) in [7, 11) is 1.52. The van der Waals surface area contributed by atoms with Crippen molar-refractivity contribution in [2.75, 3.05) is 7.05 Å². The Morgan fingerprint density at radius 3 is 2.41 bits per heavy atom. The Morgan fingerprint density at radius 2 is 1.85 bits per heavy atom. The van der Waals surface area contributed by atoms with Crippen molar-refractivity contribution in [1.29, 1.82) is 0 Å². The van der Waals surface area contributed by atoms with Gasteiger partial charge >= 0.3 is 6.18 Å². The summed E-state index contributed by atoms with van der Waals surface area (Å²) in [5.41, 5.74) is 0.259. The lowest BCUT2D eigenvalue weighted by Crippen LogP contribution is -2.33. The maximum absolute atomic E-state index is 13.2. The molecule has 3 rings (SSSR count). The summed E-state index contributed by atoms with van der Waals surface area (Å²) >= 11 is 0. The highest BCUT2D eigenvalue weighted by Gasteiger charge is 2.35. The normalized spacial score (nSPS) is 15.1. The number of carbonyl (C=O) groups is 1. The van der Waals surface area contributed by atoms with Crippen LogP contribution in [-0.4, -0.2) is 27.6 Å². The van der Waals surface area contributed by atoms with Crippen molar-refractivity contribution in [2.45, 2.75) is 57.8 Å². The van der Waals surface area contributed by atoms with Crippen molar-refractivity contribution in [1.82, 2.24) is 14.7 Å². The van der Waals surface area contributed by atoms with E-state index in [2.05, 4.69) is 5.10 Å². The van der Waals surface area contributed by atoms with Crippen molar-refractivity contribution in [3.63, 3.8) is 0 Å². The molecular formula is C20H24F3N3O. The first-order valence-corrected chi connectivity index (χ1v) is 8.99. The van der Waals surface area contributed by atoms with E-state index in [4.69, 9.17) is 0 Å². The van der Waals surface area contributed by atoms with Crippen LogP contribution in [0.5, 0.6) is 0 Å². The van der Waals surface area contributed by atoms with E-state index in [0.717, 1.165) is 24.6 Å². The SMILES string of the molecule is CN(Cc1ccccc1C(F)(F)F)C(=O)c1cc(C2CC2)nn1C(C)(C)C. The Morgan fingerprint density at radius 1 is 1.22 bits per heavy atom. The summed E-state index contributed by atoms with van der Waals surface area (Å²) in [5.74, 6) is 0.0534. The first-order valence-electron chi connectivity index (χ1n) is 8.99. The van der Waals surface area contributed by atoms with Gasteiger partial charge in [-0.05, 0) is 51.3 Å². The Bertz CT molecular complexity index is 845. The fourth-order valence-corrected chi connectivity index (χ4v) is 3.10. The third kappa shape index (κ3) is 4.17. The molecule has 0 bridgehead atoms. The molecule has 7 heteroatoms. The van der Waals surface area contributed by atoms with E-state index in [9.17, 15) is 18.0 Å². The first kappa shape index (κ1) is 19.5. The molecule has 0 aliphatic heterocycles. The minimum atomic E-state index is -4.45. The Hall–Kier alpha value is -2.31. The van der Waals surface area contributed by atoms with Gasteiger partial charge < -0.3 is 4.90 Å². The second kappa shape index (κ2) is 6.69. The lowest BCUT2D eigenvalue weighted by Gasteiger charge is -2.25. The quantitative estimate of drug-likeness (QED) is 0.765. The molecule has 0 saturated heterocycles. The highest BCUT2D eigenvalue weighted by atomic mass is 19.4. The number of nitrogens with zero attached hydrogens (tertiary/aromatic N) is 3. The number of alkyl halides is 3. The highest BCUT2D eigenvalue weighted by Crippen LogP contribution is 2.40. The standard InChI is InChI=1S/C20H24F3N3O/c1-19(2,3)26-17(11-16(24-26)13-9-10-13)18(27)25(4)12-14-7-5-6-8-15(14)20(21,22)23/h5-8,11,13H,9-10,12H2,1-4H3. The fraction of sp³-hybridized carbons (Fsp3) is 0.500. The van der Waals surface area contributed by atoms with Crippen LogP contribution in [0.2, 0.25) is 0 Å². The second-order valence-corrected chi connectivity index (χ2v) is 8.13. The van der Waals surface area contributed by atoms with Crippen LogP contribution in [0.15, 0.2) is 30.3 Å². The zero-order chi connectivity index (χ0) is 20.0. The van der Waals surface area contributed by atoms with Gasteiger partial charge in [0, 0.05) is 19.5 Å². The van der Waals surface area contributed by atoms with E-state index in [0.29, 0.717) is 11.6 Å². The maximum Gasteiger partial charge on any atom is 0.416 e. The number of hydrogen-bond acceptors (Lipinski definition) is 2. The van der Waals surface area contributed by atoms with Crippen LogP contribution < -0.4 is 0 Å². The minimum Gasteiger partial charge on any atom is -0.336 e. The zero-order valence-electron chi connectivity index (χ0n) is 16.0. The molecule has 4 nitrogen and oxygen atoms in total. The summed E-state index contributed by atoms with van der Waals surface area (Å²) in [6, 6.07) is 7.14. The second-order valence-electron chi connectivity index (χ2n) is 8.13. The summed E-state index contributed by atoms with van der Waals surface area (Å²) in [6.45, 7) is 5.73. The third-order valence-corrected chi connectivity index (χ3v) is 4.66. The molecule has 1 amide bonds. The van der Waals surface area contributed by atoms with E-state index in [1.54, 1.807) is 16.8 Å². The largest absolute Gasteiger partial charge is 0.416 e. The molecule has 27 heavy (non-hydrogen) atoms. The van der Waals surface area contributed by atoms with Gasteiger partial charge in [0.2, 0.25) is 0 Å². The lowest BCUT2D eigenvalue weighted by molar-refractivity contribution is -0.138. The van der Waals surface area contributed by atoms with Crippen LogP contribution in [-0.2, 0) is 18.3 Å². The summed E-state index contributed by atoms with van der Waals surface area (Å²) in [5, 5.41) is 4.60. The molecule has 1 aliphatic rings. The summed E-state index contributed by atoms with van der Waals surface area (Å²) in [4.78, 5) is 14.3. The van der Waals surface area contributed by atoms with E-state index < -0.39 is 17.3 Å². The van der Waals surface area contributed by atoms with Crippen molar-refractivity contribution >= 4 is 5.91 Å². The van der Waals surface area contributed by atoms with E-state index in [1.807, 2.05) is 20.8 Å². The molecule has 0 radical (unpaired) electrons. The topological polar surface area (TPSA) is 38.1 Å². The van der Waals surface area contributed by atoms with Crippen molar-refractivity contribution in [2.24, 2.45) is 0 Å². The van der Waals surface area contributed by atoms with Gasteiger partial charge in [0.25, 0.3) is 5.91 Å². The molecule has 0 spiro atoms. The van der Waals surface area contributed by atoms with Crippen molar-refractivity contribution in [3.8, 4) is 0 Å². The molecule has 146 valence electrons. The molecule has 0 N–H and O–H groups in total. The Labute approximate surface area is 157 Å². The third-order valence-electron chi connectivity index (χ3n) is 4.66. The summed E-state index contributed by atoms with van der Waals surface area (Å²) in [6.07, 6.45) is -2.33. The van der Waals surface area contributed by atoms with Crippen LogP contribution in [0.25, 0.3) is 0 Å². The van der Waals surface area contributed by atoms with E-state index in [-0.39, 0.29) is 18.0 Å². The molecule has 0 unspecified atom stereocenters. The molecule has 1 aliphatic carbocycles. The number of halogens is 3. The van der Waals surface area contributed by atoms with Gasteiger partial charge in [-0.3, -0.25) is 9.48 Å². The average Bonchev–Trinajstić information content (AvgIpc) is 3.31. The molecular weight excluding hydrogens is 355 g/mol. The van der Waals surface area contributed by atoms with E-state index in [1.165, 1.54) is 24.1 Å². The van der Waals surface area contributed by atoms with Gasteiger partial charge in [-0.2, -0.15) is 18.3 Å². The smallest absolute Gasteiger partial charge is 0.336 e. The fourth-order valence-electron chi connectivity index (χ4n) is 3.10. The lowest BCUT2D eigenvalue weighted by atomic mass is 10.1. The molecule has 1 fully saturated rings. The molecule has 1 saturated carbocycles. The van der Waals surface area contributed by atoms with E-state index >= 15 is 0 Å². The zero-order valence-corrected chi connectivity index (χ0v) is 16.0. The van der Waals surface area contributed by atoms with Gasteiger partial charge in [0.1, 0.15) is 5.69 Å². The predicted octanol–water partition coefficient (Wildman–Crippen LogP) is 4.81. The highest BCUT2D eigenvalue weighted by molar-refractivity contribution is 5.92. The van der Waals surface area contributed by atoms with Crippen LogP contribution in [0.1, 0.15) is 66.8 Å². The van der Waals surface area contributed by atoms with Gasteiger partial charge in [-0.15, -0.1) is 0 Å². The van der Waals surface area contributed by atoms with Crippen LogP contribution in [0.4, 0.5) is 13.2 Å². The van der Waals surface area contributed by atoms with Gasteiger partial charge in [0.05, 0.1) is 16.8 Å². The number of amides is 1. The van der Waals surface area contributed by atoms with Crippen LogP contribution in [0, 0.1) is 0 Å². The maximum atomic E-state index is 13.2. The first-order chi connectivity index (χ1) is 12.5. The van der Waals surface area contributed by atoms with Crippen molar-refractivity contribution < 1.29 is 18.0 Å². The molecule has 1 heterocycles. The monoisotopic (exact) mass is 379 g/mol. The Balaban J connectivity index is 1.89. The molecule has 2 aromatic rings. The predicted molar refractivity (Wildman–Crippen MR) is 96.4 cm³/mol. The van der Waals surface area contributed by atoms with Crippen LogP contribution >= 0.6 is 0 Å². The minimum absolute atomic E-state index is 0.0742. The molecule has 0 atom stereocenters. The molecule has 1 aromatic carbocycles. The number of aromatic nitrogens is 2. The number of carbonyl (C=O) groups excluding carboxylic acids is 1. The van der Waals surface area contributed by atoms with Gasteiger partial charge in [-0.1, -0.05) is 18.2 Å². The average molecular weight is 379 g/mol. The summed E-state index contributed by atoms with van der Waals surface area (Å²) < 4.78 is 41.4. The van der Waals surface area contributed by atoms with Crippen molar-refractivity contribution in [3.05, 3.63) is 52.8 Å². The van der Waals surface area contributed by atoms with Gasteiger partial charge in [-0.25, -0.2) is 0 Å². The Kier molecular flexibility index (Phi) is 4.82. The molecule has 1 aromatic heterocycles. The van der Waals surface area contributed by atoms with Crippen LogP contribution in [0.3, 0.4) is 0 Å². The number of benzene rings is 1.